The summed E-state index contributed by atoms with van der Waals surface area (Å²) in [6.45, 7) is 0. The minimum Gasteiger partial charge on any atom is -0.478 e. The smallest absolute Gasteiger partial charge is 0.468 e. The summed E-state index contributed by atoms with van der Waals surface area (Å²) in [6, 6.07) is 3.31. The number of oxazole rings is 1. The van der Waals surface area contributed by atoms with Gasteiger partial charge < -0.3 is 9.52 Å². The van der Waals surface area contributed by atoms with Crippen LogP contribution in [0.5, 0.6) is 0 Å². The molecule has 0 amide bonds. The van der Waals surface area contributed by atoms with Crippen LogP contribution in [0, 0.1) is 0 Å². The zero-order chi connectivity index (χ0) is 11.9. The lowest BCUT2D eigenvalue weighted by molar-refractivity contribution is -0.156. The molecule has 0 fully saturated rings. The van der Waals surface area contributed by atoms with Crippen molar-refractivity contribution in [2.75, 3.05) is 0 Å². The standard InChI is InChI=1S/C9H4F3NO3/c10-9(11,12)8-13-5-3-4(7(14)15)1-2-6(5)16-8/h1-3H,(H,14,15). The van der Waals surface area contributed by atoms with Crippen molar-refractivity contribution < 1.29 is 27.5 Å². The van der Waals surface area contributed by atoms with E-state index in [0.717, 1.165) is 18.2 Å². The molecule has 1 aromatic carbocycles. The first-order valence-electron chi connectivity index (χ1n) is 4.09. The van der Waals surface area contributed by atoms with E-state index < -0.39 is 18.0 Å². The molecule has 0 saturated carbocycles. The van der Waals surface area contributed by atoms with Crippen molar-refractivity contribution in [3.8, 4) is 0 Å². The Hall–Kier alpha value is -2.05. The van der Waals surface area contributed by atoms with Gasteiger partial charge in [-0.05, 0) is 18.2 Å². The number of aromatic carboxylic acids is 1. The monoisotopic (exact) mass is 231 g/mol. The topological polar surface area (TPSA) is 63.3 Å². The molecular weight excluding hydrogens is 227 g/mol. The molecule has 0 radical (unpaired) electrons. The molecule has 4 nitrogen and oxygen atoms in total. The van der Waals surface area contributed by atoms with E-state index in [2.05, 4.69) is 9.40 Å². The van der Waals surface area contributed by atoms with E-state index >= 15 is 0 Å². The highest BCUT2D eigenvalue weighted by Crippen LogP contribution is 2.31. The molecule has 0 spiro atoms. The Balaban J connectivity index is 2.59. The SMILES string of the molecule is O=C(O)c1ccc2oc(C(F)(F)F)nc2c1. The Morgan fingerprint density at radius 2 is 2.06 bits per heavy atom. The number of carboxylic acids is 1. The Bertz CT molecular complexity index is 559. The summed E-state index contributed by atoms with van der Waals surface area (Å²) in [5.74, 6) is -2.62. The summed E-state index contributed by atoms with van der Waals surface area (Å²) in [6.07, 6.45) is -4.68. The molecule has 0 aliphatic heterocycles. The molecule has 0 saturated heterocycles. The predicted molar refractivity (Wildman–Crippen MR) is 46.0 cm³/mol. The summed E-state index contributed by atoms with van der Waals surface area (Å²) in [4.78, 5) is 13.7. The van der Waals surface area contributed by atoms with Crippen molar-refractivity contribution in [2.24, 2.45) is 0 Å². The summed E-state index contributed by atoms with van der Waals surface area (Å²) < 4.78 is 41.1. The quantitative estimate of drug-likeness (QED) is 0.819. The van der Waals surface area contributed by atoms with E-state index in [1.807, 2.05) is 0 Å². The lowest BCUT2D eigenvalue weighted by Crippen LogP contribution is -2.04. The van der Waals surface area contributed by atoms with Crippen LogP contribution in [0.15, 0.2) is 22.6 Å². The minimum atomic E-state index is -4.68. The lowest BCUT2D eigenvalue weighted by atomic mass is 10.2. The number of rotatable bonds is 1. The zero-order valence-corrected chi connectivity index (χ0v) is 7.58. The maximum Gasteiger partial charge on any atom is 0.468 e. The molecule has 0 aliphatic carbocycles. The van der Waals surface area contributed by atoms with Gasteiger partial charge in [0.2, 0.25) is 0 Å². The maximum atomic E-state index is 12.2. The van der Waals surface area contributed by atoms with Crippen LogP contribution in [0.1, 0.15) is 16.2 Å². The number of alkyl halides is 3. The van der Waals surface area contributed by atoms with Gasteiger partial charge in [-0.25, -0.2) is 9.78 Å². The summed E-state index contributed by atoms with van der Waals surface area (Å²) in [7, 11) is 0. The van der Waals surface area contributed by atoms with Crippen LogP contribution < -0.4 is 0 Å². The third-order valence-corrected chi connectivity index (χ3v) is 1.88. The highest BCUT2D eigenvalue weighted by molar-refractivity contribution is 5.91. The number of aromatic nitrogens is 1. The van der Waals surface area contributed by atoms with Crippen LogP contribution in [0.2, 0.25) is 0 Å². The van der Waals surface area contributed by atoms with E-state index in [0.29, 0.717) is 0 Å². The van der Waals surface area contributed by atoms with Crippen LogP contribution in [0.3, 0.4) is 0 Å². The van der Waals surface area contributed by atoms with Gasteiger partial charge in [0, 0.05) is 0 Å². The van der Waals surface area contributed by atoms with E-state index in [1.165, 1.54) is 0 Å². The van der Waals surface area contributed by atoms with Gasteiger partial charge >= 0.3 is 18.0 Å². The van der Waals surface area contributed by atoms with Gasteiger partial charge in [-0.2, -0.15) is 13.2 Å². The first-order chi connectivity index (χ1) is 7.38. The molecule has 0 bridgehead atoms. The van der Waals surface area contributed by atoms with Gasteiger partial charge in [-0.1, -0.05) is 0 Å². The van der Waals surface area contributed by atoms with Crippen molar-refractivity contribution in [1.82, 2.24) is 4.98 Å². The minimum absolute atomic E-state index is 0.0997. The molecule has 16 heavy (non-hydrogen) atoms. The number of hydrogen-bond acceptors (Lipinski definition) is 3. The van der Waals surface area contributed by atoms with Gasteiger partial charge in [0.05, 0.1) is 5.56 Å². The molecule has 0 unspecified atom stereocenters. The molecule has 7 heteroatoms. The number of halogens is 3. The highest BCUT2D eigenvalue weighted by Gasteiger charge is 2.37. The van der Waals surface area contributed by atoms with Crippen molar-refractivity contribution in [3.63, 3.8) is 0 Å². The Labute approximate surface area is 86.3 Å². The Morgan fingerprint density at radius 3 is 2.62 bits per heavy atom. The fourth-order valence-electron chi connectivity index (χ4n) is 1.18. The molecule has 1 N–H and O–H groups in total. The Kier molecular flexibility index (Phi) is 2.11. The van der Waals surface area contributed by atoms with Crippen LogP contribution in [0.25, 0.3) is 11.1 Å². The normalized spacial score (nSPS) is 11.9. The van der Waals surface area contributed by atoms with Crippen LogP contribution in [-0.2, 0) is 6.18 Å². The molecule has 84 valence electrons. The Morgan fingerprint density at radius 1 is 1.38 bits per heavy atom. The second-order valence-electron chi connectivity index (χ2n) is 3.00. The van der Waals surface area contributed by atoms with Gasteiger partial charge in [0.15, 0.2) is 5.58 Å². The molecule has 2 aromatic rings. The summed E-state index contributed by atoms with van der Waals surface area (Å²) in [5.41, 5.74) is -0.376. The molecular formula is C9H4F3NO3. The third-order valence-electron chi connectivity index (χ3n) is 1.88. The van der Waals surface area contributed by atoms with Gasteiger partial charge in [-0.15, -0.1) is 0 Å². The first kappa shape index (κ1) is 10.5. The highest BCUT2D eigenvalue weighted by atomic mass is 19.4. The van der Waals surface area contributed by atoms with Gasteiger partial charge in [-0.3, -0.25) is 0 Å². The van der Waals surface area contributed by atoms with Gasteiger partial charge in [0.1, 0.15) is 5.52 Å². The second kappa shape index (κ2) is 3.22. The van der Waals surface area contributed by atoms with Gasteiger partial charge in [0.25, 0.3) is 0 Å². The molecule has 0 aliphatic rings. The van der Waals surface area contributed by atoms with E-state index in [1.54, 1.807) is 0 Å². The molecule has 1 aromatic heterocycles. The first-order valence-corrected chi connectivity index (χ1v) is 4.09. The molecule has 2 rings (SSSR count). The zero-order valence-electron chi connectivity index (χ0n) is 7.58. The number of carboxylic acid groups (broad SMARTS) is 1. The summed E-state index contributed by atoms with van der Waals surface area (Å²) >= 11 is 0. The van der Waals surface area contributed by atoms with Crippen LogP contribution in [-0.4, -0.2) is 16.1 Å². The van der Waals surface area contributed by atoms with Crippen molar-refractivity contribution in [2.45, 2.75) is 6.18 Å². The number of nitrogens with zero attached hydrogens (tertiary/aromatic N) is 1. The predicted octanol–water partition coefficient (Wildman–Crippen LogP) is 2.54. The van der Waals surface area contributed by atoms with Crippen LogP contribution in [0.4, 0.5) is 13.2 Å². The largest absolute Gasteiger partial charge is 0.478 e. The molecule has 0 atom stereocenters. The van der Waals surface area contributed by atoms with Crippen molar-refractivity contribution in [1.29, 1.82) is 0 Å². The maximum absolute atomic E-state index is 12.2. The van der Waals surface area contributed by atoms with Crippen LogP contribution >= 0.6 is 0 Å². The lowest BCUT2D eigenvalue weighted by Gasteiger charge is -1.96. The fourth-order valence-corrected chi connectivity index (χ4v) is 1.18. The van der Waals surface area contributed by atoms with E-state index in [4.69, 9.17) is 5.11 Å². The number of benzene rings is 1. The van der Waals surface area contributed by atoms with E-state index in [-0.39, 0.29) is 16.7 Å². The van der Waals surface area contributed by atoms with E-state index in [9.17, 15) is 18.0 Å². The second-order valence-corrected chi connectivity index (χ2v) is 3.00. The number of fused-ring (bicyclic) bond motifs is 1. The number of hydrogen-bond donors (Lipinski definition) is 1. The fraction of sp³-hybridized carbons (Fsp3) is 0.111. The third kappa shape index (κ3) is 1.71. The average Bonchev–Trinajstić information content (AvgIpc) is 2.58. The number of carbonyl (C=O) groups is 1. The molecule has 1 heterocycles. The summed E-state index contributed by atoms with van der Waals surface area (Å²) in [5, 5.41) is 8.63. The van der Waals surface area contributed by atoms with Crippen molar-refractivity contribution in [3.05, 3.63) is 29.7 Å². The van der Waals surface area contributed by atoms with Crippen molar-refractivity contribution >= 4 is 17.1 Å². The average molecular weight is 231 g/mol.